The maximum absolute atomic E-state index is 12.3. The molecule has 0 saturated carbocycles. The van der Waals surface area contributed by atoms with Crippen LogP contribution in [0.3, 0.4) is 0 Å². The second-order valence-electron chi connectivity index (χ2n) is 5.25. The third-order valence-corrected chi connectivity index (χ3v) is 3.35. The molecule has 7 nitrogen and oxygen atoms in total. The molecular formula is C16H19N3O4. The summed E-state index contributed by atoms with van der Waals surface area (Å²) >= 11 is 0. The molecule has 0 bridgehead atoms. The van der Waals surface area contributed by atoms with Crippen molar-refractivity contribution in [2.75, 3.05) is 6.61 Å². The van der Waals surface area contributed by atoms with Gasteiger partial charge in [-0.1, -0.05) is 12.1 Å². The fraction of sp³-hybridized carbons (Fsp3) is 0.312. The van der Waals surface area contributed by atoms with Gasteiger partial charge in [0.1, 0.15) is 5.75 Å². The number of amides is 1. The lowest BCUT2D eigenvalue weighted by atomic mass is 10.1. The highest BCUT2D eigenvalue weighted by atomic mass is 16.5. The maximum Gasteiger partial charge on any atom is 0.341 e. The Morgan fingerprint density at radius 2 is 2.00 bits per heavy atom. The van der Waals surface area contributed by atoms with Crippen molar-refractivity contribution in [2.45, 2.75) is 19.9 Å². The van der Waals surface area contributed by atoms with E-state index in [1.807, 2.05) is 6.92 Å². The zero-order chi connectivity index (χ0) is 17.0. The first kappa shape index (κ1) is 16.5. The number of aromatic nitrogens is 2. The van der Waals surface area contributed by atoms with Crippen LogP contribution in [0.5, 0.6) is 5.75 Å². The number of aliphatic carboxylic acids is 1. The van der Waals surface area contributed by atoms with E-state index in [9.17, 15) is 9.59 Å². The molecule has 2 N–H and O–H groups in total. The van der Waals surface area contributed by atoms with Crippen molar-refractivity contribution in [1.29, 1.82) is 0 Å². The molecule has 1 aromatic carbocycles. The smallest absolute Gasteiger partial charge is 0.341 e. The quantitative estimate of drug-likeness (QED) is 0.845. The molecule has 0 aliphatic heterocycles. The van der Waals surface area contributed by atoms with Gasteiger partial charge in [0.2, 0.25) is 0 Å². The molecule has 0 aliphatic rings. The second-order valence-corrected chi connectivity index (χ2v) is 5.25. The first-order chi connectivity index (χ1) is 10.9. The van der Waals surface area contributed by atoms with Gasteiger partial charge < -0.3 is 15.2 Å². The van der Waals surface area contributed by atoms with Gasteiger partial charge in [0.05, 0.1) is 17.3 Å². The van der Waals surface area contributed by atoms with Crippen LogP contribution in [0.1, 0.15) is 34.6 Å². The minimum absolute atomic E-state index is 0.186. The number of nitrogens with one attached hydrogen (secondary N) is 1. The van der Waals surface area contributed by atoms with E-state index in [-0.39, 0.29) is 18.6 Å². The van der Waals surface area contributed by atoms with Gasteiger partial charge in [-0.2, -0.15) is 5.10 Å². The van der Waals surface area contributed by atoms with Gasteiger partial charge in [-0.25, -0.2) is 4.79 Å². The summed E-state index contributed by atoms with van der Waals surface area (Å²) in [7, 11) is 1.77. The van der Waals surface area contributed by atoms with Crippen LogP contribution in [0.2, 0.25) is 0 Å². The number of nitrogens with zero attached hydrogens (tertiary/aromatic N) is 2. The third-order valence-electron chi connectivity index (χ3n) is 3.35. The Labute approximate surface area is 133 Å². The molecular weight excluding hydrogens is 298 g/mol. The van der Waals surface area contributed by atoms with Crippen LogP contribution in [-0.4, -0.2) is 33.4 Å². The highest BCUT2D eigenvalue weighted by molar-refractivity contribution is 5.95. The lowest BCUT2D eigenvalue weighted by Gasteiger charge is -2.14. The summed E-state index contributed by atoms with van der Waals surface area (Å²) in [4.78, 5) is 22.7. The SMILES string of the molecule is Cc1nn(C)cc1C(=O)NC(C)c1ccc(OCC(=O)O)cc1. The monoisotopic (exact) mass is 317 g/mol. The van der Waals surface area contributed by atoms with E-state index in [1.165, 1.54) is 0 Å². The van der Waals surface area contributed by atoms with Crippen LogP contribution in [0, 0.1) is 6.92 Å². The molecule has 1 atom stereocenters. The predicted molar refractivity (Wildman–Crippen MR) is 83.4 cm³/mol. The molecule has 1 aromatic heterocycles. The van der Waals surface area contributed by atoms with Crippen molar-refractivity contribution in [3.8, 4) is 5.75 Å². The topological polar surface area (TPSA) is 93.5 Å². The summed E-state index contributed by atoms with van der Waals surface area (Å²) in [5.41, 5.74) is 2.11. The summed E-state index contributed by atoms with van der Waals surface area (Å²) < 4.78 is 6.67. The maximum atomic E-state index is 12.3. The molecule has 0 spiro atoms. The Morgan fingerprint density at radius 1 is 1.35 bits per heavy atom. The number of ether oxygens (including phenoxy) is 1. The molecule has 2 aromatic rings. The summed E-state index contributed by atoms with van der Waals surface area (Å²) in [6.07, 6.45) is 1.68. The molecule has 0 saturated heterocycles. The predicted octanol–water partition coefficient (Wildman–Crippen LogP) is 1.68. The number of hydrogen-bond acceptors (Lipinski definition) is 4. The van der Waals surface area contributed by atoms with Gasteiger partial charge >= 0.3 is 5.97 Å². The standard InChI is InChI=1S/C16H19N3O4/c1-10(17-16(22)14-8-19(3)18-11(14)2)12-4-6-13(7-5-12)23-9-15(20)21/h4-8,10H,9H2,1-3H3,(H,17,22)(H,20,21). The number of aryl methyl sites for hydroxylation is 2. The number of carbonyl (C=O) groups excluding carboxylic acids is 1. The number of benzene rings is 1. The lowest BCUT2D eigenvalue weighted by Crippen LogP contribution is -2.26. The number of carboxylic acids is 1. The number of hydrogen-bond donors (Lipinski definition) is 2. The van der Waals surface area contributed by atoms with Crippen molar-refractivity contribution in [3.05, 3.63) is 47.3 Å². The van der Waals surface area contributed by atoms with Gasteiger partial charge in [0, 0.05) is 13.2 Å². The van der Waals surface area contributed by atoms with Crippen molar-refractivity contribution < 1.29 is 19.4 Å². The molecule has 0 fully saturated rings. The fourth-order valence-electron chi connectivity index (χ4n) is 2.18. The Kier molecular flexibility index (Phi) is 5.00. The van der Waals surface area contributed by atoms with Crippen LogP contribution in [0.4, 0.5) is 0 Å². The molecule has 7 heteroatoms. The van der Waals surface area contributed by atoms with E-state index in [1.54, 1.807) is 49.1 Å². The van der Waals surface area contributed by atoms with E-state index >= 15 is 0 Å². The first-order valence-corrected chi connectivity index (χ1v) is 7.12. The molecule has 0 aliphatic carbocycles. The highest BCUT2D eigenvalue weighted by Gasteiger charge is 2.15. The summed E-state index contributed by atoms with van der Waals surface area (Å²) in [6, 6.07) is 6.74. The van der Waals surface area contributed by atoms with Gasteiger partial charge in [-0.15, -0.1) is 0 Å². The Morgan fingerprint density at radius 3 is 2.52 bits per heavy atom. The fourth-order valence-corrected chi connectivity index (χ4v) is 2.18. The van der Waals surface area contributed by atoms with Crippen LogP contribution >= 0.6 is 0 Å². The van der Waals surface area contributed by atoms with E-state index in [4.69, 9.17) is 9.84 Å². The summed E-state index contributed by atoms with van der Waals surface area (Å²) in [5.74, 6) is -0.742. The summed E-state index contributed by atoms with van der Waals surface area (Å²) in [6.45, 7) is 3.27. The highest BCUT2D eigenvalue weighted by Crippen LogP contribution is 2.18. The van der Waals surface area contributed by atoms with E-state index in [0.29, 0.717) is 17.0 Å². The van der Waals surface area contributed by atoms with Crippen molar-refractivity contribution in [3.63, 3.8) is 0 Å². The van der Waals surface area contributed by atoms with Crippen molar-refractivity contribution in [1.82, 2.24) is 15.1 Å². The van der Waals surface area contributed by atoms with Crippen molar-refractivity contribution in [2.24, 2.45) is 7.05 Å². The molecule has 0 radical (unpaired) electrons. The molecule has 23 heavy (non-hydrogen) atoms. The van der Waals surface area contributed by atoms with E-state index < -0.39 is 5.97 Å². The third kappa shape index (κ3) is 4.32. The minimum Gasteiger partial charge on any atom is -0.482 e. The van der Waals surface area contributed by atoms with Crippen LogP contribution in [0.15, 0.2) is 30.5 Å². The molecule has 1 amide bonds. The largest absolute Gasteiger partial charge is 0.482 e. The zero-order valence-electron chi connectivity index (χ0n) is 13.2. The first-order valence-electron chi connectivity index (χ1n) is 7.12. The lowest BCUT2D eigenvalue weighted by molar-refractivity contribution is -0.139. The normalized spacial score (nSPS) is 11.8. The van der Waals surface area contributed by atoms with Gasteiger partial charge in [-0.05, 0) is 31.5 Å². The average molecular weight is 317 g/mol. The average Bonchev–Trinajstić information content (AvgIpc) is 2.84. The number of carboxylic acid groups (broad SMARTS) is 1. The van der Waals surface area contributed by atoms with Crippen LogP contribution in [0.25, 0.3) is 0 Å². The Hall–Kier alpha value is -2.83. The number of carbonyl (C=O) groups is 2. The zero-order valence-corrected chi connectivity index (χ0v) is 13.2. The van der Waals surface area contributed by atoms with Gasteiger partial charge in [0.25, 0.3) is 5.91 Å². The van der Waals surface area contributed by atoms with Crippen LogP contribution < -0.4 is 10.1 Å². The van der Waals surface area contributed by atoms with Crippen molar-refractivity contribution >= 4 is 11.9 Å². The Balaban J connectivity index is 2.00. The molecule has 122 valence electrons. The minimum atomic E-state index is -1.03. The van der Waals surface area contributed by atoms with E-state index in [2.05, 4.69) is 10.4 Å². The molecule has 2 rings (SSSR count). The van der Waals surface area contributed by atoms with Crippen LogP contribution in [-0.2, 0) is 11.8 Å². The van der Waals surface area contributed by atoms with E-state index in [0.717, 1.165) is 5.56 Å². The van der Waals surface area contributed by atoms with Gasteiger partial charge in [0.15, 0.2) is 6.61 Å². The molecule has 1 heterocycles. The van der Waals surface area contributed by atoms with Gasteiger partial charge in [-0.3, -0.25) is 9.48 Å². The molecule has 1 unspecified atom stereocenters. The second kappa shape index (κ2) is 6.95. The number of rotatable bonds is 6. The Bertz CT molecular complexity index is 707. The summed E-state index contributed by atoms with van der Waals surface area (Å²) in [5, 5.41) is 15.6.